The minimum Gasteiger partial charge on any atom is -0.401 e. The molecule has 1 unspecified atom stereocenters. The topological polar surface area (TPSA) is 43.1 Å². The third kappa shape index (κ3) is 2.44. The van der Waals surface area contributed by atoms with E-state index in [1.165, 1.54) is 0 Å². The molecule has 0 saturated heterocycles. The van der Waals surface area contributed by atoms with Gasteiger partial charge in [0.2, 0.25) is 0 Å². The molecule has 0 radical (unpaired) electrons. The smallest absolute Gasteiger partial charge is 0.172 e. The molecular weight excluding hydrogens is 289 g/mol. The second kappa shape index (κ2) is 5.98. The number of benzene rings is 2. The molecular formula is C19H20NOP. The predicted octanol–water partition coefficient (Wildman–Crippen LogP) is 3.77. The monoisotopic (exact) mass is 309 g/mol. The van der Waals surface area contributed by atoms with Gasteiger partial charge in [0.25, 0.3) is 0 Å². The molecule has 0 amide bonds. The van der Waals surface area contributed by atoms with Crippen molar-refractivity contribution >= 4 is 17.8 Å². The first-order chi connectivity index (χ1) is 10.6. The molecule has 22 heavy (non-hydrogen) atoms. The minimum absolute atomic E-state index is 0.223. The molecule has 0 bridgehead atoms. The Balaban J connectivity index is 2.28. The molecule has 1 atom stereocenters. The van der Waals surface area contributed by atoms with Gasteiger partial charge in [-0.15, -0.1) is 0 Å². The van der Waals surface area contributed by atoms with Gasteiger partial charge in [-0.1, -0.05) is 79.7 Å². The average molecular weight is 309 g/mol. The van der Waals surface area contributed by atoms with Crippen molar-refractivity contribution in [3.05, 3.63) is 83.8 Å². The van der Waals surface area contributed by atoms with Crippen molar-refractivity contribution in [1.29, 1.82) is 0 Å². The molecule has 1 aliphatic rings. The zero-order chi connectivity index (χ0) is 15.6. The lowest BCUT2D eigenvalue weighted by Gasteiger charge is -2.26. The summed E-state index contributed by atoms with van der Waals surface area (Å²) in [4.78, 5) is 0. The third-order valence-electron chi connectivity index (χ3n) is 4.17. The molecule has 112 valence electrons. The van der Waals surface area contributed by atoms with Gasteiger partial charge in [-0.3, -0.25) is 0 Å². The lowest BCUT2D eigenvalue weighted by Crippen LogP contribution is -2.22. The van der Waals surface area contributed by atoms with Gasteiger partial charge in [-0.25, -0.2) is 0 Å². The summed E-state index contributed by atoms with van der Waals surface area (Å²) in [7, 11) is -2.93. The van der Waals surface area contributed by atoms with Crippen LogP contribution in [0.5, 0.6) is 0 Å². The van der Waals surface area contributed by atoms with Gasteiger partial charge in [-0.05, 0) is 12.3 Å². The third-order valence-corrected chi connectivity index (χ3v) is 7.31. The summed E-state index contributed by atoms with van der Waals surface area (Å²) in [6, 6.07) is 19.3. The van der Waals surface area contributed by atoms with E-state index in [-0.39, 0.29) is 5.92 Å². The number of hydrogen-bond acceptors (Lipinski definition) is 2. The fraction of sp³-hybridized carbons (Fsp3) is 0.158. The fourth-order valence-electron chi connectivity index (χ4n) is 2.85. The largest absolute Gasteiger partial charge is 0.401 e. The summed E-state index contributed by atoms with van der Waals surface area (Å²) in [5.74, 6) is 0.223. The van der Waals surface area contributed by atoms with Crippen LogP contribution in [0.25, 0.3) is 0 Å². The Labute approximate surface area is 131 Å². The Kier molecular flexibility index (Phi) is 4.04. The van der Waals surface area contributed by atoms with E-state index in [2.05, 4.69) is 13.0 Å². The number of nitrogens with two attached hydrogens (primary N) is 1. The van der Waals surface area contributed by atoms with E-state index in [1.54, 1.807) is 0 Å². The van der Waals surface area contributed by atoms with Crippen molar-refractivity contribution in [2.45, 2.75) is 13.3 Å². The molecule has 3 rings (SSSR count). The zero-order valence-electron chi connectivity index (χ0n) is 12.6. The molecule has 0 spiro atoms. The fourth-order valence-corrected chi connectivity index (χ4v) is 5.79. The van der Waals surface area contributed by atoms with Gasteiger partial charge in [0, 0.05) is 21.6 Å². The Bertz CT molecular complexity index is 719. The summed E-state index contributed by atoms with van der Waals surface area (Å²) in [6.45, 7) is 2.08. The van der Waals surface area contributed by atoms with E-state index < -0.39 is 7.14 Å². The summed E-state index contributed by atoms with van der Waals surface area (Å²) >= 11 is 0. The van der Waals surface area contributed by atoms with Crippen molar-refractivity contribution < 1.29 is 4.57 Å². The predicted molar refractivity (Wildman–Crippen MR) is 93.9 cm³/mol. The molecule has 0 saturated carbocycles. The number of rotatable bonds is 3. The van der Waals surface area contributed by atoms with Gasteiger partial charge in [0.05, 0.1) is 0 Å². The summed E-state index contributed by atoms with van der Waals surface area (Å²) in [5, 5.41) is 2.44. The molecule has 0 heterocycles. The van der Waals surface area contributed by atoms with E-state index in [1.807, 2.05) is 66.7 Å². The van der Waals surface area contributed by atoms with Crippen LogP contribution in [0.15, 0.2) is 83.8 Å². The SMILES string of the molecule is CC1CC=CC(P(=O)(c2ccccc2)c2ccccc2)=C1N. The van der Waals surface area contributed by atoms with E-state index in [4.69, 9.17) is 5.73 Å². The molecule has 3 heteroatoms. The molecule has 2 aromatic carbocycles. The van der Waals surface area contributed by atoms with Crippen LogP contribution in [0.4, 0.5) is 0 Å². The first-order valence-corrected chi connectivity index (χ1v) is 9.22. The highest BCUT2D eigenvalue weighted by atomic mass is 31.2. The minimum atomic E-state index is -2.93. The normalized spacial score (nSPS) is 18.5. The van der Waals surface area contributed by atoms with E-state index in [9.17, 15) is 4.57 Å². The van der Waals surface area contributed by atoms with Crippen LogP contribution < -0.4 is 16.3 Å². The van der Waals surface area contributed by atoms with Crippen LogP contribution in [-0.2, 0) is 4.57 Å². The Morgan fingerprint density at radius 2 is 1.45 bits per heavy atom. The van der Waals surface area contributed by atoms with Crippen molar-refractivity contribution in [2.24, 2.45) is 11.7 Å². The molecule has 0 aromatic heterocycles. The average Bonchev–Trinajstić information content (AvgIpc) is 2.58. The maximum atomic E-state index is 14.1. The van der Waals surface area contributed by atoms with Gasteiger partial charge >= 0.3 is 0 Å². The highest BCUT2D eigenvalue weighted by molar-refractivity contribution is 7.82. The molecule has 0 aliphatic heterocycles. The van der Waals surface area contributed by atoms with Gasteiger partial charge in [0.15, 0.2) is 7.14 Å². The number of allylic oxidation sites excluding steroid dienone is 4. The van der Waals surface area contributed by atoms with Gasteiger partial charge in [0.1, 0.15) is 0 Å². The van der Waals surface area contributed by atoms with Crippen LogP contribution in [0.3, 0.4) is 0 Å². The van der Waals surface area contributed by atoms with Gasteiger partial charge < -0.3 is 10.3 Å². The summed E-state index contributed by atoms with van der Waals surface area (Å²) < 4.78 is 14.1. The zero-order valence-corrected chi connectivity index (χ0v) is 13.5. The van der Waals surface area contributed by atoms with Crippen molar-refractivity contribution in [3.8, 4) is 0 Å². The van der Waals surface area contributed by atoms with E-state index >= 15 is 0 Å². The van der Waals surface area contributed by atoms with Crippen molar-refractivity contribution in [1.82, 2.24) is 0 Å². The van der Waals surface area contributed by atoms with E-state index in [0.717, 1.165) is 28.0 Å². The maximum Gasteiger partial charge on any atom is 0.172 e. The first-order valence-electron chi connectivity index (χ1n) is 7.52. The highest BCUT2D eigenvalue weighted by Crippen LogP contribution is 2.54. The Hall–Kier alpha value is -2.05. The maximum absolute atomic E-state index is 14.1. The Morgan fingerprint density at radius 3 is 1.95 bits per heavy atom. The first kappa shape index (κ1) is 14.9. The van der Waals surface area contributed by atoms with Crippen LogP contribution in [0, 0.1) is 5.92 Å². The van der Waals surface area contributed by atoms with Crippen LogP contribution in [-0.4, -0.2) is 0 Å². The second-order valence-electron chi connectivity index (χ2n) is 5.66. The number of hydrogen-bond donors (Lipinski definition) is 1. The summed E-state index contributed by atoms with van der Waals surface area (Å²) in [5.41, 5.74) is 7.09. The lowest BCUT2D eigenvalue weighted by atomic mass is 10.00. The molecule has 2 aromatic rings. The lowest BCUT2D eigenvalue weighted by molar-refractivity contribution is 0.589. The van der Waals surface area contributed by atoms with Crippen LogP contribution in [0.2, 0.25) is 0 Å². The quantitative estimate of drug-likeness (QED) is 0.877. The van der Waals surface area contributed by atoms with Crippen LogP contribution in [0.1, 0.15) is 13.3 Å². The highest BCUT2D eigenvalue weighted by Gasteiger charge is 2.34. The Morgan fingerprint density at radius 1 is 0.955 bits per heavy atom. The van der Waals surface area contributed by atoms with Crippen LogP contribution >= 0.6 is 7.14 Å². The van der Waals surface area contributed by atoms with Crippen molar-refractivity contribution in [3.63, 3.8) is 0 Å². The second-order valence-corrected chi connectivity index (χ2v) is 8.39. The van der Waals surface area contributed by atoms with E-state index in [0.29, 0.717) is 0 Å². The standard InChI is InChI=1S/C19H20NOP/c1-15-9-8-14-18(19(15)20)22(21,16-10-4-2-5-11-16)17-12-6-3-7-13-17/h2-8,10-15H,9,20H2,1H3. The molecule has 0 fully saturated rings. The molecule has 1 aliphatic carbocycles. The molecule has 2 N–H and O–H groups in total. The molecule has 2 nitrogen and oxygen atoms in total. The summed E-state index contributed by atoms with van der Waals surface area (Å²) in [6.07, 6.45) is 4.93. The van der Waals surface area contributed by atoms with Crippen molar-refractivity contribution in [2.75, 3.05) is 0 Å². The van der Waals surface area contributed by atoms with Gasteiger partial charge in [-0.2, -0.15) is 0 Å².